The number of aromatic nitrogens is 1. The Bertz CT molecular complexity index is 536. The van der Waals surface area contributed by atoms with Crippen LogP contribution in [0.15, 0.2) is 51.9 Å². The Hall–Kier alpha value is -1.55. The van der Waals surface area contributed by atoms with Crippen molar-refractivity contribution in [2.24, 2.45) is 0 Å². The van der Waals surface area contributed by atoms with Gasteiger partial charge < -0.3 is 9.72 Å². The summed E-state index contributed by atoms with van der Waals surface area (Å²) in [5, 5.41) is 0. The summed E-state index contributed by atoms with van der Waals surface area (Å²) in [6.45, 7) is 0.447. The van der Waals surface area contributed by atoms with Crippen LogP contribution in [0.5, 0.6) is 5.75 Å². The van der Waals surface area contributed by atoms with Gasteiger partial charge in [-0.3, -0.25) is 4.79 Å². The molecular weight excluding hydrogens is 270 g/mol. The van der Waals surface area contributed by atoms with E-state index in [0.717, 1.165) is 10.0 Å². The second-order valence-corrected chi connectivity index (χ2v) is 4.22. The van der Waals surface area contributed by atoms with Gasteiger partial charge in [0.05, 0.1) is 0 Å². The van der Waals surface area contributed by atoms with Gasteiger partial charge in [0, 0.05) is 16.7 Å². The Morgan fingerprint density at radius 3 is 2.88 bits per heavy atom. The Kier molecular flexibility index (Phi) is 3.41. The molecule has 0 bridgehead atoms. The molecule has 16 heavy (non-hydrogen) atoms. The number of rotatable bonds is 3. The van der Waals surface area contributed by atoms with Crippen LogP contribution in [0.3, 0.4) is 0 Å². The molecule has 0 atom stereocenters. The highest BCUT2D eigenvalue weighted by Crippen LogP contribution is 2.14. The second-order valence-electron chi connectivity index (χ2n) is 3.31. The molecule has 2 rings (SSSR count). The third kappa shape index (κ3) is 2.97. The first-order valence-electron chi connectivity index (χ1n) is 4.80. The quantitative estimate of drug-likeness (QED) is 0.939. The van der Waals surface area contributed by atoms with Crippen molar-refractivity contribution in [3.05, 3.63) is 63.0 Å². The number of nitrogens with one attached hydrogen (secondary N) is 1. The maximum Gasteiger partial charge on any atom is 0.251 e. The fourth-order valence-electron chi connectivity index (χ4n) is 1.31. The Labute approximate surface area is 101 Å². The van der Waals surface area contributed by atoms with Gasteiger partial charge in [-0.15, -0.1) is 0 Å². The highest BCUT2D eigenvalue weighted by Gasteiger charge is 1.97. The number of pyridine rings is 1. The van der Waals surface area contributed by atoms with Crippen LogP contribution in [0.25, 0.3) is 0 Å². The van der Waals surface area contributed by atoms with Gasteiger partial charge in [0.15, 0.2) is 0 Å². The standard InChI is InChI=1S/C12H10BrNO2/c13-10-3-1-2-9(6-10)8-16-11-4-5-14-12(15)7-11/h1-7H,8H2,(H,14,15). The molecule has 1 aromatic heterocycles. The average Bonchev–Trinajstić information content (AvgIpc) is 2.27. The molecule has 0 spiro atoms. The van der Waals surface area contributed by atoms with Gasteiger partial charge in [0.25, 0.3) is 5.56 Å². The number of benzene rings is 1. The van der Waals surface area contributed by atoms with E-state index in [0.29, 0.717) is 12.4 Å². The highest BCUT2D eigenvalue weighted by molar-refractivity contribution is 9.10. The molecule has 0 unspecified atom stereocenters. The van der Waals surface area contributed by atoms with Gasteiger partial charge in [-0.05, 0) is 23.8 Å². The highest BCUT2D eigenvalue weighted by atomic mass is 79.9. The lowest BCUT2D eigenvalue weighted by atomic mass is 10.2. The van der Waals surface area contributed by atoms with Crippen LogP contribution in [0.4, 0.5) is 0 Å². The minimum atomic E-state index is -0.160. The monoisotopic (exact) mass is 279 g/mol. The van der Waals surface area contributed by atoms with Gasteiger partial charge in [0.1, 0.15) is 12.4 Å². The van der Waals surface area contributed by atoms with Crippen molar-refractivity contribution in [2.75, 3.05) is 0 Å². The molecule has 0 aliphatic carbocycles. The van der Waals surface area contributed by atoms with Crippen molar-refractivity contribution < 1.29 is 4.74 Å². The number of aromatic amines is 1. The Morgan fingerprint density at radius 1 is 1.25 bits per heavy atom. The van der Waals surface area contributed by atoms with Crippen LogP contribution in [-0.2, 0) is 6.61 Å². The first-order chi connectivity index (χ1) is 7.74. The van der Waals surface area contributed by atoms with E-state index < -0.39 is 0 Å². The molecule has 0 aliphatic heterocycles. The first-order valence-corrected chi connectivity index (χ1v) is 5.59. The summed E-state index contributed by atoms with van der Waals surface area (Å²) in [5.74, 6) is 0.573. The summed E-state index contributed by atoms with van der Waals surface area (Å²) in [6, 6.07) is 11.0. The van der Waals surface area contributed by atoms with Crippen LogP contribution in [0, 0.1) is 0 Å². The maximum atomic E-state index is 11.0. The molecule has 1 aromatic carbocycles. The molecule has 0 radical (unpaired) electrons. The van der Waals surface area contributed by atoms with E-state index >= 15 is 0 Å². The largest absolute Gasteiger partial charge is 0.489 e. The van der Waals surface area contributed by atoms with E-state index in [2.05, 4.69) is 20.9 Å². The average molecular weight is 280 g/mol. The molecule has 0 saturated heterocycles. The van der Waals surface area contributed by atoms with E-state index in [9.17, 15) is 4.79 Å². The molecule has 2 aromatic rings. The number of hydrogen-bond acceptors (Lipinski definition) is 2. The minimum Gasteiger partial charge on any atom is -0.489 e. The SMILES string of the molecule is O=c1cc(OCc2cccc(Br)c2)cc[nH]1. The van der Waals surface area contributed by atoms with Crippen molar-refractivity contribution in [1.82, 2.24) is 4.98 Å². The molecule has 1 N–H and O–H groups in total. The summed E-state index contributed by atoms with van der Waals surface area (Å²) in [6.07, 6.45) is 1.57. The molecule has 0 aliphatic rings. The lowest BCUT2D eigenvalue weighted by Gasteiger charge is -2.05. The molecular formula is C12H10BrNO2. The second kappa shape index (κ2) is 4.99. The van der Waals surface area contributed by atoms with Crippen LogP contribution in [0.1, 0.15) is 5.56 Å². The predicted molar refractivity (Wildman–Crippen MR) is 65.5 cm³/mol. The van der Waals surface area contributed by atoms with Crippen molar-refractivity contribution in [1.29, 1.82) is 0 Å². The maximum absolute atomic E-state index is 11.0. The normalized spacial score (nSPS) is 10.1. The van der Waals surface area contributed by atoms with Crippen molar-refractivity contribution in [3.8, 4) is 5.75 Å². The number of ether oxygens (including phenoxy) is 1. The van der Waals surface area contributed by atoms with E-state index in [4.69, 9.17) is 4.74 Å². The van der Waals surface area contributed by atoms with Crippen molar-refractivity contribution in [2.45, 2.75) is 6.61 Å². The van der Waals surface area contributed by atoms with E-state index in [1.165, 1.54) is 6.07 Å². The molecule has 0 amide bonds. The van der Waals surface area contributed by atoms with E-state index in [-0.39, 0.29) is 5.56 Å². The number of H-pyrrole nitrogens is 1. The van der Waals surface area contributed by atoms with E-state index in [1.807, 2.05) is 24.3 Å². The zero-order valence-electron chi connectivity index (χ0n) is 8.44. The molecule has 0 fully saturated rings. The van der Waals surface area contributed by atoms with Crippen LogP contribution < -0.4 is 10.3 Å². The topological polar surface area (TPSA) is 42.1 Å². The van der Waals surface area contributed by atoms with Gasteiger partial charge in [-0.1, -0.05) is 28.1 Å². The zero-order valence-corrected chi connectivity index (χ0v) is 10.0. The minimum absolute atomic E-state index is 0.160. The van der Waals surface area contributed by atoms with Gasteiger partial charge >= 0.3 is 0 Å². The Morgan fingerprint density at radius 2 is 2.12 bits per heavy atom. The smallest absolute Gasteiger partial charge is 0.251 e. The zero-order chi connectivity index (χ0) is 11.4. The van der Waals surface area contributed by atoms with Gasteiger partial charge in [0.2, 0.25) is 0 Å². The molecule has 4 heteroatoms. The lowest BCUT2D eigenvalue weighted by Crippen LogP contribution is -2.04. The van der Waals surface area contributed by atoms with Crippen molar-refractivity contribution >= 4 is 15.9 Å². The number of halogens is 1. The summed E-state index contributed by atoms with van der Waals surface area (Å²) < 4.78 is 6.50. The van der Waals surface area contributed by atoms with Crippen LogP contribution >= 0.6 is 15.9 Å². The lowest BCUT2D eigenvalue weighted by molar-refractivity contribution is 0.305. The summed E-state index contributed by atoms with van der Waals surface area (Å²) in [4.78, 5) is 13.5. The fourth-order valence-corrected chi connectivity index (χ4v) is 1.75. The fraction of sp³-hybridized carbons (Fsp3) is 0.0833. The Balaban J connectivity index is 2.05. The van der Waals surface area contributed by atoms with Gasteiger partial charge in [-0.25, -0.2) is 0 Å². The molecule has 0 saturated carbocycles. The number of hydrogen-bond donors (Lipinski definition) is 1. The van der Waals surface area contributed by atoms with Crippen molar-refractivity contribution in [3.63, 3.8) is 0 Å². The first kappa shape index (κ1) is 11.0. The molecule has 3 nitrogen and oxygen atoms in total. The molecule has 1 heterocycles. The van der Waals surface area contributed by atoms with E-state index in [1.54, 1.807) is 12.3 Å². The summed E-state index contributed by atoms with van der Waals surface area (Å²) >= 11 is 3.39. The summed E-state index contributed by atoms with van der Waals surface area (Å²) in [5.41, 5.74) is 0.890. The van der Waals surface area contributed by atoms with Crippen LogP contribution in [-0.4, -0.2) is 4.98 Å². The predicted octanol–water partition coefficient (Wildman–Crippen LogP) is 2.72. The van der Waals surface area contributed by atoms with Gasteiger partial charge in [-0.2, -0.15) is 0 Å². The molecule has 82 valence electrons. The third-order valence-electron chi connectivity index (χ3n) is 2.04. The summed E-state index contributed by atoms with van der Waals surface area (Å²) in [7, 11) is 0. The van der Waals surface area contributed by atoms with Crippen LogP contribution in [0.2, 0.25) is 0 Å². The third-order valence-corrected chi connectivity index (χ3v) is 2.53.